The quantitative estimate of drug-likeness (QED) is 0.591. The van der Waals surface area contributed by atoms with E-state index in [1.165, 1.54) is 11.8 Å². The molecule has 0 aromatic heterocycles. The second-order valence-corrected chi connectivity index (χ2v) is 3.82. The summed E-state index contributed by atoms with van der Waals surface area (Å²) in [5.74, 6) is -1.18. The molecule has 17 heavy (non-hydrogen) atoms. The lowest BCUT2D eigenvalue weighted by atomic mass is 10.1. The van der Waals surface area contributed by atoms with Crippen molar-refractivity contribution in [1.29, 1.82) is 0 Å². The van der Waals surface area contributed by atoms with Crippen molar-refractivity contribution in [2.45, 2.75) is 6.92 Å². The Balaban J connectivity index is 2.25. The number of piperazine rings is 1. The van der Waals surface area contributed by atoms with Gasteiger partial charge < -0.3 is 10.2 Å². The van der Waals surface area contributed by atoms with E-state index in [0.717, 1.165) is 0 Å². The summed E-state index contributed by atoms with van der Waals surface area (Å²) in [6, 6.07) is 6.65. The van der Waals surface area contributed by atoms with Crippen molar-refractivity contribution in [3.63, 3.8) is 0 Å². The predicted molar refractivity (Wildman–Crippen MR) is 61.8 cm³/mol. The monoisotopic (exact) mass is 232 g/mol. The number of ketones is 1. The van der Waals surface area contributed by atoms with Crippen LogP contribution in [0.5, 0.6) is 0 Å². The topological polar surface area (TPSA) is 66.5 Å². The molecule has 88 valence electrons. The van der Waals surface area contributed by atoms with Crippen molar-refractivity contribution in [2.75, 3.05) is 18.0 Å². The summed E-state index contributed by atoms with van der Waals surface area (Å²) < 4.78 is 0. The van der Waals surface area contributed by atoms with Crippen LogP contribution < -0.4 is 10.2 Å². The van der Waals surface area contributed by atoms with Gasteiger partial charge in [-0.25, -0.2) is 0 Å². The van der Waals surface area contributed by atoms with Crippen LogP contribution in [0.1, 0.15) is 17.3 Å². The van der Waals surface area contributed by atoms with Crippen LogP contribution in [0.15, 0.2) is 24.3 Å². The number of nitrogens with zero attached hydrogens (tertiary/aromatic N) is 1. The number of amides is 2. The van der Waals surface area contributed by atoms with E-state index in [1.54, 1.807) is 24.3 Å². The van der Waals surface area contributed by atoms with Crippen molar-refractivity contribution in [3.05, 3.63) is 29.8 Å². The maximum atomic E-state index is 11.6. The first kappa shape index (κ1) is 11.3. The van der Waals surface area contributed by atoms with Crippen molar-refractivity contribution in [2.24, 2.45) is 0 Å². The van der Waals surface area contributed by atoms with E-state index in [0.29, 0.717) is 24.3 Å². The number of carbonyl (C=O) groups is 3. The van der Waals surface area contributed by atoms with Gasteiger partial charge in [0.1, 0.15) is 0 Å². The van der Waals surface area contributed by atoms with Gasteiger partial charge in [-0.3, -0.25) is 14.4 Å². The third-order valence-electron chi connectivity index (χ3n) is 2.65. The Labute approximate surface area is 98.4 Å². The zero-order valence-electron chi connectivity index (χ0n) is 9.40. The van der Waals surface area contributed by atoms with Gasteiger partial charge in [-0.2, -0.15) is 0 Å². The molecule has 5 nitrogen and oxygen atoms in total. The fraction of sp³-hybridized carbons (Fsp3) is 0.250. The van der Waals surface area contributed by atoms with Gasteiger partial charge in [0.15, 0.2) is 5.78 Å². The molecule has 1 aliphatic rings. The third-order valence-corrected chi connectivity index (χ3v) is 2.65. The Morgan fingerprint density at radius 3 is 2.47 bits per heavy atom. The lowest BCUT2D eigenvalue weighted by Gasteiger charge is -2.26. The highest BCUT2D eigenvalue weighted by Gasteiger charge is 2.26. The SMILES string of the molecule is CC(=O)c1ccc(N2CCNC(=O)C2=O)cc1. The smallest absolute Gasteiger partial charge is 0.316 e. The maximum absolute atomic E-state index is 11.6. The molecule has 1 heterocycles. The number of hydrogen-bond acceptors (Lipinski definition) is 3. The Morgan fingerprint density at radius 1 is 1.24 bits per heavy atom. The highest BCUT2D eigenvalue weighted by molar-refractivity contribution is 6.41. The molecule has 0 radical (unpaired) electrons. The molecule has 0 aliphatic carbocycles. The molecule has 1 N–H and O–H groups in total. The molecular weight excluding hydrogens is 220 g/mol. The van der Waals surface area contributed by atoms with Crippen molar-refractivity contribution < 1.29 is 14.4 Å². The van der Waals surface area contributed by atoms with Gasteiger partial charge >= 0.3 is 11.8 Å². The van der Waals surface area contributed by atoms with Gasteiger partial charge in [-0.15, -0.1) is 0 Å². The Bertz CT molecular complexity index is 479. The molecule has 1 aromatic carbocycles. The van der Waals surface area contributed by atoms with E-state index >= 15 is 0 Å². The minimum atomic E-state index is -0.591. The fourth-order valence-corrected chi connectivity index (χ4v) is 1.70. The molecule has 1 fully saturated rings. The molecule has 2 rings (SSSR count). The van der Waals surface area contributed by atoms with Gasteiger partial charge in [0, 0.05) is 24.3 Å². The molecule has 1 aliphatic heterocycles. The van der Waals surface area contributed by atoms with Gasteiger partial charge in [0.25, 0.3) is 0 Å². The van der Waals surface area contributed by atoms with Crippen LogP contribution in [0.4, 0.5) is 5.69 Å². The summed E-state index contributed by atoms with van der Waals surface area (Å²) in [7, 11) is 0. The minimum absolute atomic E-state index is 0.0285. The number of hydrogen-bond donors (Lipinski definition) is 1. The number of nitrogens with one attached hydrogen (secondary N) is 1. The molecule has 1 saturated heterocycles. The summed E-state index contributed by atoms with van der Waals surface area (Å²) in [5, 5.41) is 2.48. The van der Waals surface area contributed by atoms with Crippen molar-refractivity contribution >= 4 is 23.3 Å². The lowest BCUT2D eigenvalue weighted by Crippen LogP contribution is -2.52. The molecule has 0 unspecified atom stereocenters. The summed E-state index contributed by atoms with van der Waals surface area (Å²) in [5.41, 5.74) is 1.22. The van der Waals surface area contributed by atoms with E-state index in [2.05, 4.69) is 5.32 Å². The van der Waals surface area contributed by atoms with Gasteiger partial charge in [0.2, 0.25) is 0 Å². The predicted octanol–water partition coefficient (Wildman–Crippen LogP) is 0.352. The summed E-state index contributed by atoms with van der Waals surface area (Å²) in [4.78, 5) is 35.3. The highest BCUT2D eigenvalue weighted by Crippen LogP contribution is 2.16. The van der Waals surface area contributed by atoms with Gasteiger partial charge in [-0.05, 0) is 31.2 Å². The van der Waals surface area contributed by atoms with E-state index in [1.807, 2.05) is 0 Å². The van der Waals surface area contributed by atoms with Crippen LogP contribution in [0.2, 0.25) is 0 Å². The first-order valence-electron chi connectivity index (χ1n) is 5.30. The molecule has 5 heteroatoms. The van der Waals surface area contributed by atoms with Crippen LogP contribution >= 0.6 is 0 Å². The Hall–Kier alpha value is -2.17. The standard InChI is InChI=1S/C12H12N2O3/c1-8(15)9-2-4-10(5-3-9)14-7-6-13-11(16)12(14)17/h2-5H,6-7H2,1H3,(H,13,16). The first-order valence-corrected chi connectivity index (χ1v) is 5.30. The number of carbonyl (C=O) groups excluding carboxylic acids is 3. The third kappa shape index (κ3) is 2.18. The van der Waals surface area contributed by atoms with Crippen LogP contribution in [-0.2, 0) is 9.59 Å². The first-order chi connectivity index (χ1) is 8.09. The average Bonchev–Trinajstić information content (AvgIpc) is 2.33. The largest absolute Gasteiger partial charge is 0.346 e. The number of benzene rings is 1. The second kappa shape index (κ2) is 4.37. The highest BCUT2D eigenvalue weighted by atomic mass is 16.2. The second-order valence-electron chi connectivity index (χ2n) is 3.82. The maximum Gasteiger partial charge on any atom is 0.316 e. The molecule has 2 amide bonds. The van der Waals surface area contributed by atoms with Gasteiger partial charge in [0.05, 0.1) is 0 Å². The Kier molecular flexibility index (Phi) is 2.91. The van der Waals surface area contributed by atoms with Crippen LogP contribution in [0.3, 0.4) is 0 Å². The number of Topliss-reactive ketones (excluding diaryl/α,β-unsaturated/α-hetero) is 1. The van der Waals surface area contributed by atoms with Crippen LogP contribution in [0, 0.1) is 0 Å². The van der Waals surface area contributed by atoms with Crippen LogP contribution in [-0.4, -0.2) is 30.7 Å². The molecular formula is C12H12N2O3. The van der Waals surface area contributed by atoms with E-state index in [9.17, 15) is 14.4 Å². The molecule has 0 spiro atoms. The molecule has 0 bridgehead atoms. The normalized spacial score (nSPS) is 15.7. The zero-order chi connectivity index (χ0) is 12.4. The van der Waals surface area contributed by atoms with Crippen molar-refractivity contribution in [1.82, 2.24) is 5.32 Å². The molecule has 0 saturated carbocycles. The van der Waals surface area contributed by atoms with E-state index in [-0.39, 0.29) is 5.78 Å². The van der Waals surface area contributed by atoms with E-state index < -0.39 is 11.8 Å². The molecule has 1 aromatic rings. The Morgan fingerprint density at radius 2 is 1.88 bits per heavy atom. The molecule has 0 atom stereocenters. The summed E-state index contributed by atoms with van der Waals surface area (Å²) >= 11 is 0. The van der Waals surface area contributed by atoms with Gasteiger partial charge in [-0.1, -0.05) is 0 Å². The van der Waals surface area contributed by atoms with Crippen LogP contribution in [0.25, 0.3) is 0 Å². The summed E-state index contributed by atoms with van der Waals surface area (Å²) in [6.45, 7) is 2.37. The van der Waals surface area contributed by atoms with E-state index in [4.69, 9.17) is 0 Å². The fourth-order valence-electron chi connectivity index (χ4n) is 1.70. The lowest BCUT2D eigenvalue weighted by molar-refractivity contribution is -0.138. The summed E-state index contributed by atoms with van der Waals surface area (Å²) in [6.07, 6.45) is 0. The number of anilines is 1. The number of rotatable bonds is 2. The minimum Gasteiger partial charge on any atom is -0.346 e. The average molecular weight is 232 g/mol. The van der Waals surface area contributed by atoms with Crippen molar-refractivity contribution in [3.8, 4) is 0 Å². The zero-order valence-corrected chi connectivity index (χ0v) is 9.40.